The third-order valence-corrected chi connectivity index (χ3v) is 2.38. The van der Waals surface area contributed by atoms with Gasteiger partial charge in [0, 0.05) is 19.5 Å². The Bertz CT molecular complexity index is 430. The molecular weight excluding hydrogens is 226 g/mol. The van der Waals surface area contributed by atoms with Crippen molar-refractivity contribution < 1.29 is 0 Å². The van der Waals surface area contributed by atoms with Crippen LogP contribution in [0.3, 0.4) is 0 Å². The minimum atomic E-state index is -0.334. The summed E-state index contributed by atoms with van der Waals surface area (Å²) in [6.45, 7) is 3.23. The van der Waals surface area contributed by atoms with Crippen molar-refractivity contribution >= 4 is 28.7 Å². The van der Waals surface area contributed by atoms with Crippen molar-refractivity contribution in [2.75, 3.05) is 23.7 Å². The first kappa shape index (κ1) is 12.4. The molecule has 1 aromatic rings. The van der Waals surface area contributed by atoms with Crippen LogP contribution >= 0.6 is 12.2 Å². The number of nitrogens with zero attached hydrogens (tertiary/aromatic N) is 2. The predicted molar refractivity (Wildman–Crippen MR) is 68.6 cm³/mol. The summed E-state index contributed by atoms with van der Waals surface area (Å²) in [6, 6.07) is 0. The molecule has 7 heteroatoms. The molecule has 0 saturated heterocycles. The standard InChI is InChI=1S/C9H15N5OS/c1-2-14(4-3-6(10)16)8-7(11)9(15)13-5-12-8/h5H,2-4,11H2,1H3,(H2,10,16)(H,12,13,15). The van der Waals surface area contributed by atoms with E-state index in [0.717, 1.165) is 0 Å². The van der Waals surface area contributed by atoms with Gasteiger partial charge >= 0.3 is 0 Å². The van der Waals surface area contributed by atoms with Gasteiger partial charge in [-0.25, -0.2) is 4.98 Å². The average molecular weight is 241 g/mol. The highest BCUT2D eigenvalue weighted by atomic mass is 32.1. The molecule has 1 heterocycles. The molecule has 0 radical (unpaired) electrons. The summed E-state index contributed by atoms with van der Waals surface area (Å²) in [5.41, 5.74) is 10.9. The molecule has 1 rings (SSSR count). The fourth-order valence-corrected chi connectivity index (χ4v) is 1.40. The zero-order valence-corrected chi connectivity index (χ0v) is 9.88. The van der Waals surface area contributed by atoms with Crippen molar-refractivity contribution in [1.29, 1.82) is 0 Å². The number of aromatic nitrogens is 2. The molecule has 0 amide bonds. The summed E-state index contributed by atoms with van der Waals surface area (Å²) in [5.74, 6) is 0.475. The van der Waals surface area contributed by atoms with Crippen LogP contribution in [0.4, 0.5) is 11.5 Å². The van der Waals surface area contributed by atoms with Gasteiger partial charge in [0.15, 0.2) is 5.82 Å². The van der Waals surface area contributed by atoms with Crippen LogP contribution in [-0.2, 0) is 0 Å². The second-order valence-electron chi connectivity index (χ2n) is 3.26. The van der Waals surface area contributed by atoms with Crippen LogP contribution in [0.25, 0.3) is 0 Å². The van der Waals surface area contributed by atoms with Gasteiger partial charge < -0.3 is 21.4 Å². The summed E-state index contributed by atoms with van der Waals surface area (Å²) in [6.07, 6.45) is 1.90. The second kappa shape index (κ2) is 5.45. The number of rotatable bonds is 5. The quantitative estimate of drug-likeness (QED) is 0.620. The molecule has 0 spiro atoms. The van der Waals surface area contributed by atoms with E-state index in [0.29, 0.717) is 30.3 Å². The Labute approximate surface area is 98.7 Å². The molecule has 0 fully saturated rings. The maximum Gasteiger partial charge on any atom is 0.276 e. The van der Waals surface area contributed by atoms with E-state index >= 15 is 0 Å². The van der Waals surface area contributed by atoms with Gasteiger partial charge in [0.2, 0.25) is 0 Å². The van der Waals surface area contributed by atoms with Gasteiger partial charge in [-0.1, -0.05) is 12.2 Å². The van der Waals surface area contributed by atoms with Gasteiger partial charge in [0.1, 0.15) is 5.69 Å². The minimum absolute atomic E-state index is 0.118. The molecule has 0 aliphatic heterocycles. The lowest BCUT2D eigenvalue weighted by Crippen LogP contribution is -2.30. The van der Waals surface area contributed by atoms with Gasteiger partial charge in [0.25, 0.3) is 5.56 Å². The Hall–Kier alpha value is -1.63. The van der Waals surface area contributed by atoms with Crippen molar-refractivity contribution in [2.24, 2.45) is 5.73 Å². The Morgan fingerprint density at radius 2 is 2.38 bits per heavy atom. The van der Waals surface area contributed by atoms with E-state index < -0.39 is 0 Å². The van der Waals surface area contributed by atoms with Crippen molar-refractivity contribution in [1.82, 2.24) is 9.97 Å². The van der Waals surface area contributed by atoms with Crippen LogP contribution < -0.4 is 21.9 Å². The summed E-state index contributed by atoms with van der Waals surface area (Å²) in [4.78, 5) is 20.1. The Balaban J connectivity index is 2.90. The Morgan fingerprint density at radius 3 is 2.94 bits per heavy atom. The number of aromatic amines is 1. The number of thiocarbonyl (C=S) groups is 1. The zero-order chi connectivity index (χ0) is 12.1. The Kier molecular flexibility index (Phi) is 4.24. The van der Waals surface area contributed by atoms with Crippen LogP contribution in [0.2, 0.25) is 0 Å². The minimum Gasteiger partial charge on any atom is -0.393 e. The number of hydrogen-bond donors (Lipinski definition) is 3. The topological polar surface area (TPSA) is 101 Å². The molecule has 0 saturated carbocycles. The van der Waals surface area contributed by atoms with Crippen LogP contribution in [0, 0.1) is 0 Å². The molecule has 88 valence electrons. The number of nitrogens with one attached hydrogen (secondary N) is 1. The van der Waals surface area contributed by atoms with Gasteiger partial charge in [-0.05, 0) is 6.92 Å². The molecule has 0 bridgehead atoms. The molecule has 0 aromatic carbocycles. The third kappa shape index (κ3) is 2.93. The monoisotopic (exact) mass is 241 g/mol. The molecular formula is C9H15N5OS. The lowest BCUT2D eigenvalue weighted by Gasteiger charge is -2.22. The highest BCUT2D eigenvalue weighted by Gasteiger charge is 2.11. The second-order valence-corrected chi connectivity index (χ2v) is 3.79. The number of nitrogen functional groups attached to an aromatic ring is 1. The van der Waals surface area contributed by atoms with E-state index in [2.05, 4.69) is 9.97 Å². The SMILES string of the molecule is CCN(CCC(N)=S)c1nc[nH]c(=O)c1N. The highest BCUT2D eigenvalue weighted by molar-refractivity contribution is 7.80. The first-order valence-electron chi connectivity index (χ1n) is 4.92. The summed E-state index contributed by atoms with van der Waals surface area (Å²) < 4.78 is 0. The lowest BCUT2D eigenvalue weighted by atomic mass is 10.3. The fourth-order valence-electron chi connectivity index (χ4n) is 1.31. The molecule has 16 heavy (non-hydrogen) atoms. The van der Waals surface area contributed by atoms with Crippen molar-refractivity contribution in [3.63, 3.8) is 0 Å². The number of anilines is 2. The van der Waals surface area contributed by atoms with Gasteiger partial charge in [-0.2, -0.15) is 0 Å². The van der Waals surface area contributed by atoms with Crippen molar-refractivity contribution in [2.45, 2.75) is 13.3 Å². The molecule has 0 unspecified atom stereocenters. The smallest absolute Gasteiger partial charge is 0.276 e. The zero-order valence-electron chi connectivity index (χ0n) is 9.06. The molecule has 0 aliphatic rings. The maximum absolute atomic E-state index is 11.3. The summed E-state index contributed by atoms with van der Waals surface area (Å²) in [7, 11) is 0. The summed E-state index contributed by atoms with van der Waals surface area (Å²) >= 11 is 4.80. The highest BCUT2D eigenvalue weighted by Crippen LogP contribution is 2.14. The molecule has 5 N–H and O–H groups in total. The first-order valence-corrected chi connectivity index (χ1v) is 5.33. The predicted octanol–water partition coefficient (Wildman–Crippen LogP) is -0.145. The molecule has 1 aromatic heterocycles. The van der Waals surface area contributed by atoms with Gasteiger partial charge in [-0.3, -0.25) is 4.79 Å². The van der Waals surface area contributed by atoms with Crippen molar-refractivity contribution in [3.8, 4) is 0 Å². The summed E-state index contributed by atoms with van der Waals surface area (Å²) in [5, 5.41) is 0. The number of hydrogen-bond acceptors (Lipinski definition) is 5. The largest absolute Gasteiger partial charge is 0.393 e. The molecule has 6 nitrogen and oxygen atoms in total. The van der Waals surface area contributed by atoms with E-state index in [-0.39, 0.29) is 11.2 Å². The number of nitrogens with two attached hydrogens (primary N) is 2. The van der Waals surface area contributed by atoms with Crippen LogP contribution in [0.15, 0.2) is 11.1 Å². The third-order valence-electron chi connectivity index (χ3n) is 2.18. The molecule has 0 aliphatic carbocycles. The van der Waals surface area contributed by atoms with Crippen molar-refractivity contribution in [3.05, 3.63) is 16.7 Å². The Morgan fingerprint density at radius 1 is 1.69 bits per heavy atom. The van der Waals surface area contributed by atoms with E-state index in [1.807, 2.05) is 11.8 Å². The van der Waals surface area contributed by atoms with Crippen LogP contribution in [0.5, 0.6) is 0 Å². The number of H-pyrrole nitrogens is 1. The van der Waals surface area contributed by atoms with E-state index in [9.17, 15) is 4.79 Å². The maximum atomic E-state index is 11.3. The normalized spacial score (nSPS) is 10.1. The first-order chi connectivity index (χ1) is 7.56. The van der Waals surface area contributed by atoms with Gasteiger partial charge in [-0.15, -0.1) is 0 Å². The average Bonchev–Trinajstić information content (AvgIpc) is 2.24. The van der Waals surface area contributed by atoms with E-state index in [1.54, 1.807) is 0 Å². The van der Waals surface area contributed by atoms with Crippen LogP contribution in [0.1, 0.15) is 13.3 Å². The fraction of sp³-hybridized carbons (Fsp3) is 0.444. The van der Waals surface area contributed by atoms with Gasteiger partial charge in [0.05, 0.1) is 11.3 Å². The molecule has 0 atom stereocenters. The van der Waals surface area contributed by atoms with E-state index in [1.165, 1.54) is 6.33 Å². The lowest BCUT2D eigenvalue weighted by molar-refractivity contribution is 0.816. The van der Waals surface area contributed by atoms with E-state index in [4.69, 9.17) is 23.7 Å². The van der Waals surface area contributed by atoms with Crippen LogP contribution in [-0.4, -0.2) is 28.0 Å².